The van der Waals surface area contributed by atoms with Gasteiger partial charge in [-0.1, -0.05) is 25.7 Å². The van der Waals surface area contributed by atoms with E-state index in [0.29, 0.717) is 23.5 Å². The van der Waals surface area contributed by atoms with Crippen molar-refractivity contribution in [3.63, 3.8) is 0 Å². The number of Topliss-reactive ketones (excluding diaryl/α,β-unsaturated/α-hetero) is 2. The number of nitrogens with two attached hydrogens (primary N) is 1. The van der Waals surface area contributed by atoms with Gasteiger partial charge in [0.05, 0.1) is 11.6 Å². The molecule has 1 aromatic carbocycles. The maximum atomic E-state index is 14.1. The molecule has 0 radical (unpaired) electrons. The van der Waals surface area contributed by atoms with E-state index in [2.05, 4.69) is 0 Å². The number of aryl methyl sites for hydroxylation is 1. The highest BCUT2D eigenvalue weighted by Gasteiger charge is 2.63. The molecule has 0 bridgehead atoms. The van der Waals surface area contributed by atoms with Gasteiger partial charge in [-0.3, -0.25) is 19.3 Å². The van der Waals surface area contributed by atoms with Crippen molar-refractivity contribution in [3.8, 4) is 5.75 Å². The first kappa shape index (κ1) is 28.2. The molecule has 40 heavy (non-hydrogen) atoms. The molecule has 4 atom stereocenters. The van der Waals surface area contributed by atoms with Crippen LogP contribution in [0, 0.1) is 17.8 Å². The number of ketones is 2. The van der Waals surface area contributed by atoms with Crippen molar-refractivity contribution in [2.75, 3.05) is 33.1 Å². The number of phenols is 1. The Bertz CT molecular complexity index is 1360. The number of allylic oxidation sites excluding steroid dienone is 1. The summed E-state index contributed by atoms with van der Waals surface area (Å²) in [5.74, 6) is -5.70. The molecular weight excluding hydrogens is 514 g/mol. The molecule has 0 spiro atoms. The monoisotopic (exact) mass is 553 g/mol. The summed E-state index contributed by atoms with van der Waals surface area (Å²) in [5.41, 5.74) is 4.00. The van der Waals surface area contributed by atoms with Gasteiger partial charge >= 0.3 is 0 Å². The Morgan fingerprint density at radius 3 is 2.33 bits per heavy atom. The molecule has 0 saturated heterocycles. The quantitative estimate of drug-likeness (QED) is 0.332. The van der Waals surface area contributed by atoms with Crippen LogP contribution in [0.5, 0.6) is 5.75 Å². The minimum absolute atomic E-state index is 0.0722. The van der Waals surface area contributed by atoms with E-state index in [1.54, 1.807) is 19.0 Å². The van der Waals surface area contributed by atoms with Gasteiger partial charge in [-0.2, -0.15) is 0 Å². The molecular formula is C30H39N3O7. The molecule has 1 amide bonds. The van der Waals surface area contributed by atoms with Crippen molar-refractivity contribution >= 4 is 23.2 Å². The number of aliphatic hydroxyl groups excluding tert-OH is 2. The molecule has 0 aliphatic heterocycles. The normalized spacial score (nSPS) is 28.6. The molecule has 1 aromatic rings. The van der Waals surface area contributed by atoms with Crippen molar-refractivity contribution in [2.45, 2.75) is 63.0 Å². The zero-order valence-electron chi connectivity index (χ0n) is 23.5. The molecule has 5 rings (SSSR count). The van der Waals surface area contributed by atoms with Crippen LogP contribution in [0.4, 0.5) is 5.69 Å². The standard InChI is InChI=1S/C30H39N3O7/c1-32(2)19-13-15(10-9-14-7-5-6-8-14)24(34)21-17(19)11-16-12-18-23(33(3)4)26(36)22(29(31)39)28(38)30(18,40)27(37)20(16)25(21)35/h13-14,16,18,23,34,36-37,40H,5-12H2,1-4H3,(H2,31,39)/t16-,18-,23-,30-/m0/s1. The van der Waals surface area contributed by atoms with Gasteiger partial charge in [0.2, 0.25) is 5.78 Å². The number of likely N-dealkylation sites (N-methyl/N-ethyl adjacent to an activating group) is 1. The second-order valence-corrected chi connectivity index (χ2v) is 12.3. The number of fused-ring (bicyclic) bond motifs is 3. The van der Waals surface area contributed by atoms with Crippen LogP contribution in [0.25, 0.3) is 0 Å². The summed E-state index contributed by atoms with van der Waals surface area (Å²) in [6.45, 7) is 0. The molecule has 4 aliphatic rings. The van der Waals surface area contributed by atoms with Crippen LogP contribution in [0.3, 0.4) is 0 Å². The lowest BCUT2D eigenvalue weighted by Crippen LogP contribution is -2.63. The van der Waals surface area contributed by atoms with Crippen LogP contribution in [-0.4, -0.2) is 82.6 Å². The van der Waals surface area contributed by atoms with Crippen LogP contribution < -0.4 is 10.6 Å². The van der Waals surface area contributed by atoms with E-state index >= 15 is 0 Å². The van der Waals surface area contributed by atoms with E-state index in [1.165, 1.54) is 12.8 Å². The lowest BCUT2D eigenvalue weighted by molar-refractivity contribution is -0.148. The number of carbonyl (C=O) groups excluding carboxylic acids is 3. The second-order valence-electron chi connectivity index (χ2n) is 12.3. The van der Waals surface area contributed by atoms with E-state index in [-0.39, 0.29) is 29.7 Å². The second kappa shape index (κ2) is 9.92. The molecule has 0 heterocycles. The van der Waals surface area contributed by atoms with Gasteiger partial charge in [0, 0.05) is 31.3 Å². The summed E-state index contributed by atoms with van der Waals surface area (Å²) in [7, 11) is 6.97. The molecule has 10 nitrogen and oxygen atoms in total. The summed E-state index contributed by atoms with van der Waals surface area (Å²) in [6, 6.07) is 0.926. The summed E-state index contributed by atoms with van der Waals surface area (Å²) in [4.78, 5) is 43.2. The topological polar surface area (TPSA) is 165 Å². The first-order chi connectivity index (χ1) is 18.8. The average molecular weight is 554 g/mol. The number of phenolic OH excluding ortho intramolecular Hbond substituents is 1. The molecule has 6 N–H and O–H groups in total. The Hall–Kier alpha value is -3.37. The molecule has 4 aliphatic carbocycles. The summed E-state index contributed by atoms with van der Waals surface area (Å²) < 4.78 is 0. The molecule has 1 saturated carbocycles. The van der Waals surface area contributed by atoms with E-state index in [1.807, 2.05) is 25.1 Å². The molecule has 1 fully saturated rings. The van der Waals surface area contributed by atoms with Gasteiger partial charge in [0.15, 0.2) is 11.4 Å². The lowest BCUT2D eigenvalue weighted by Gasteiger charge is -2.50. The van der Waals surface area contributed by atoms with Crippen molar-refractivity contribution in [1.29, 1.82) is 0 Å². The van der Waals surface area contributed by atoms with Gasteiger partial charge in [0.1, 0.15) is 22.8 Å². The first-order valence-corrected chi connectivity index (χ1v) is 14.0. The third-order valence-corrected chi connectivity index (χ3v) is 9.56. The van der Waals surface area contributed by atoms with Crippen LogP contribution in [0.1, 0.15) is 60.0 Å². The van der Waals surface area contributed by atoms with Gasteiger partial charge in [-0.15, -0.1) is 0 Å². The van der Waals surface area contributed by atoms with Gasteiger partial charge in [-0.25, -0.2) is 0 Å². The zero-order chi connectivity index (χ0) is 29.3. The lowest BCUT2D eigenvalue weighted by atomic mass is 9.58. The van der Waals surface area contributed by atoms with Crippen LogP contribution >= 0.6 is 0 Å². The van der Waals surface area contributed by atoms with Gasteiger partial charge in [0.25, 0.3) is 5.91 Å². The summed E-state index contributed by atoms with van der Waals surface area (Å²) in [5, 5.41) is 45.6. The highest BCUT2D eigenvalue weighted by Crippen LogP contribution is 2.53. The molecule has 0 unspecified atom stereocenters. The molecule has 10 heteroatoms. The number of hydrogen-bond acceptors (Lipinski definition) is 9. The minimum atomic E-state index is -2.63. The number of primary amides is 1. The number of aromatic hydroxyl groups is 1. The maximum Gasteiger partial charge on any atom is 0.255 e. The van der Waals surface area contributed by atoms with Crippen LogP contribution in [0.2, 0.25) is 0 Å². The molecule has 216 valence electrons. The van der Waals surface area contributed by atoms with Crippen molar-refractivity contribution < 1.29 is 34.8 Å². The van der Waals surface area contributed by atoms with E-state index in [4.69, 9.17) is 5.73 Å². The Labute approximate surface area is 233 Å². The van der Waals surface area contributed by atoms with Crippen molar-refractivity contribution in [2.24, 2.45) is 23.5 Å². The Kier molecular flexibility index (Phi) is 6.99. The predicted molar refractivity (Wildman–Crippen MR) is 148 cm³/mol. The smallest absolute Gasteiger partial charge is 0.255 e. The number of aliphatic hydroxyl groups is 3. The number of anilines is 1. The minimum Gasteiger partial charge on any atom is -0.510 e. The van der Waals surface area contributed by atoms with E-state index in [0.717, 1.165) is 24.9 Å². The predicted octanol–water partition coefficient (Wildman–Crippen LogP) is 2.31. The van der Waals surface area contributed by atoms with Gasteiger partial charge < -0.3 is 31.1 Å². The largest absolute Gasteiger partial charge is 0.510 e. The Morgan fingerprint density at radius 2 is 1.75 bits per heavy atom. The summed E-state index contributed by atoms with van der Waals surface area (Å²) in [6.07, 6.45) is 6.59. The fourth-order valence-electron chi connectivity index (χ4n) is 7.60. The number of nitrogens with zero attached hydrogens (tertiary/aromatic N) is 2. The third-order valence-electron chi connectivity index (χ3n) is 9.56. The van der Waals surface area contributed by atoms with E-state index < -0.39 is 58.0 Å². The SMILES string of the molecule is CN(C)c1cc(CCC2CCCC2)c(O)c2c1C[C@H]1C[C@H]3[C@H](N(C)C)C(O)=C(C(N)=O)C(=O)[C@@]3(O)C(O)=C1C2=O. The zero-order valence-corrected chi connectivity index (χ0v) is 23.5. The third kappa shape index (κ3) is 4.03. The Morgan fingerprint density at radius 1 is 1.10 bits per heavy atom. The highest BCUT2D eigenvalue weighted by atomic mass is 16.3. The molecule has 0 aromatic heterocycles. The number of carbonyl (C=O) groups is 3. The highest BCUT2D eigenvalue weighted by molar-refractivity contribution is 6.24. The fraction of sp³-hybridized carbons (Fsp3) is 0.567. The number of hydrogen-bond donors (Lipinski definition) is 5. The number of benzene rings is 1. The van der Waals surface area contributed by atoms with Crippen molar-refractivity contribution in [3.05, 3.63) is 45.4 Å². The van der Waals surface area contributed by atoms with Crippen LogP contribution in [0.15, 0.2) is 28.7 Å². The van der Waals surface area contributed by atoms with Gasteiger partial charge in [-0.05, 0) is 68.8 Å². The van der Waals surface area contributed by atoms with Crippen molar-refractivity contribution in [1.82, 2.24) is 4.90 Å². The van der Waals surface area contributed by atoms with E-state index in [9.17, 15) is 34.8 Å². The number of amides is 1. The van der Waals surface area contributed by atoms with Crippen LogP contribution in [-0.2, 0) is 22.4 Å². The number of rotatable bonds is 6. The maximum absolute atomic E-state index is 14.1. The Balaban J connectivity index is 1.65. The fourth-order valence-corrected chi connectivity index (χ4v) is 7.60. The first-order valence-electron chi connectivity index (χ1n) is 14.0. The average Bonchev–Trinajstić information content (AvgIpc) is 3.39. The summed E-state index contributed by atoms with van der Waals surface area (Å²) >= 11 is 0.